The number of aryl methyl sites for hydroxylation is 2. The fourth-order valence-corrected chi connectivity index (χ4v) is 5.34. The number of hydrogen-bond acceptors (Lipinski definition) is 4. The van der Waals surface area contributed by atoms with Gasteiger partial charge in [0.05, 0.1) is 5.56 Å². The van der Waals surface area contributed by atoms with Crippen molar-refractivity contribution in [2.24, 2.45) is 0 Å². The van der Waals surface area contributed by atoms with E-state index in [1.165, 1.54) is 11.3 Å². The van der Waals surface area contributed by atoms with Crippen LogP contribution in [0.2, 0.25) is 0 Å². The first-order valence-corrected chi connectivity index (χ1v) is 9.14. The second kappa shape index (κ2) is 5.79. The summed E-state index contributed by atoms with van der Waals surface area (Å²) in [6.07, 6.45) is 0. The smallest absolute Gasteiger partial charge is 0.263 e. The van der Waals surface area contributed by atoms with Crippen molar-refractivity contribution in [3.63, 3.8) is 0 Å². The molecule has 2 aromatic rings. The van der Waals surface area contributed by atoms with E-state index in [2.05, 4.69) is 26.7 Å². The third-order valence-corrected chi connectivity index (χ3v) is 6.68. The summed E-state index contributed by atoms with van der Waals surface area (Å²) in [5.74, 6) is 0. The lowest BCUT2D eigenvalue weighted by Gasteiger charge is -2.09. The first-order valence-electron chi connectivity index (χ1n) is 6.05. The van der Waals surface area contributed by atoms with Gasteiger partial charge in [-0.15, -0.1) is 11.3 Å². The van der Waals surface area contributed by atoms with E-state index >= 15 is 0 Å². The molecule has 0 aliphatic rings. The number of sulfonamides is 1. The molecule has 0 bridgehead atoms. The third-order valence-electron chi connectivity index (χ3n) is 3.10. The minimum atomic E-state index is -3.73. The molecule has 2 rings (SSSR count). The van der Waals surface area contributed by atoms with Crippen molar-refractivity contribution in [1.29, 1.82) is 5.26 Å². The summed E-state index contributed by atoms with van der Waals surface area (Å²) in [6.45, 7) is 5.55. The number of nitriles is 1. The quantitative estimate of drug-likeness (QED) is 0.865. The summed E-state index contributed by atoms with van der Waals surface area (Å²) in [7, 11) is -3.73. The maximum Gasteiger partial charge on any atom is 0.263 e. The normalized spacial score (nSPS) is 11.2. The van der Waals surface area contributed by atoms with Gasteiger partial charge in [-0.3, -0.25) is 4.72 Å². The predicted octanol–water partition coefficient (Wildman–Crippen LogP) is 4.11. The van der Waals surface area contributed by atoms with Gasteiger partial charge in [-0.1, -0.05) is 6.07 Å². The van der Waals surface area contributed by atoms with Crippen LogP contribution in [0.1, 0.15) is 21.6 Å². The van der Waals surface area contributed by atoms with Gasteiger partial charge in [0.1, 0.15) is 16.0 Å². The fraction of sp³-hybridized carbons (Fsp3) is 0.214. The molecular formula is C14H13BrN2O2S2. The van der Waals surface area contributed by atoms with Gasteiger partial charge in [-0.2, -0.15) is 5.26 Å². The molecule has 0 saturated carbocycles. The molecule has 0 radical (unpaired) electrons. The Hall–Kier alpha value is -1.36. The minimum absolute atomic E-state index is 0.153. The highest BCUT2D eigenvalue weighted by Gasteiger charge is 2.22. The van der Waals surface area contributed by atoms with E-state index < -0.39 is 10.0 Å². The maximum absolute atomic E-state index is 12.5. The van der Waals surface area contributed by atoms with Crippen LogP contribution in [0.15, 0.2) is 27.6 Å². The summed E-state index contributed by atoms with van der Waals surface area (Å²) in [6, 6.07) is 7.07. The molecule has 0 saturated heterocycles. The van der Waals surface area contributed by atoms with Gasteiger partial charge < -0.3 is 0 Å². The Morgan fingerprint density at radius 3 is 2.52 bits per heavy atom. The molecule has 4 nitrogen and oxygen atoms in total. The van der Waals surface area contributed by atoms with Crippen molar-refractivity contribution in [3.8, 4) is 6.07 Å². The van der Waals surface area contributed by atoms with Crippen molar-refractivity contribution >= 4 is 42.3 Å². The first-order chi connectivity index (χ1) is 9.76. The number of nitrogens with one attached hydrogen (secondary N) is 1. The fourth-order valence-electron chi connectivity index (χ4n) is 1.83. The van der Waals surface area contributed by atoms with E-state index in [-0.39, 0.29) is 4.90 Å². The maximum atomic E-state index is 12.5. The summed E-state index contributed by atoms with van der Waals surface area (Å²) >= 11 is 4.54. The molecule has 1 heterocycles. The van der Waals surface area contributed by atoms with Gasteiger partial charge in [0, 0.05) is 9.35 Å². The second-order valence-electron chi connectivity index (χ2n) is 4.64. The number of rotatable bonds is 3. The highest BCUT2D eigenvalue weighted by molar-refractivity contribution is 9.10. The van der Waals surface area contributed by atoms with E-state index in [0.717, 1.165) is 16.0 Å². The third kappa shape index (κ3) is 3.12. The predicted molar refractivity (Wildman–Crippen MR) is 88.2 cm³/mol. The van der Waals surface area contributed by atoms with E-state index in [4.69, 9.17) is 0 Å². The van der Waals surface area contributed by atoms with Crippen molar-refractivity contribution < 1.29 is 8.42 Å². The van der Waals surface area contributed by atoms with Crippen molar-refractivity contribution in [2.45, 2.75) is 25.7 Å². The minimum Gasteiger partial charge on any atom is -0.269 e. The number of hydrogen-bond donors (Lipinski definition) is 1. The molecule has 7 heteroatoms. The van der Waals surface area contributed by atoms with Crippen LogP contribution >= 0.6 is 27.3 Å². The summed E-state index contributed by atoms with van der Waals surface area (Å²) in [5, 5.41) is 9.54. The second-order valence-corrected chi connectivity index (χ2v) is 8.37. The average Bonchev–Trinajstić information content (AvgIpc) is 2.63. The van der Waals surface area contributed by atoms with Crippen LogP contribution in [0, 0.1) is 32.1 Å². The Morgan fingerprint density at radius 1 is 1.29 bits per heavy atom. The highest BCUT2D eigenvalue weighted by Crippen LogP contribution is 2.34. The topological polar surface area (TPSA) is 70.0 Å². The average molecular weight is 385 g/mol. The molecule has 0 fully saturated rings. The molecule has 1 aromatic heterocycles. The molecule has 0 spiro atoms. The lowest BCUT2D eigenvalue weighted by atomic mass is 10.2. The van der Waals surface area contributed by atoms with Crippen LogP contribution in [0.3, 0.4) is 0 Å². The van der Waals surface area contributed by atoms with Crippen LogP contribution < -0.4 is 4.72 Å². The van der Waals surface area contributed by atoms with Crippen LogP contribution in [0.25, 0.3) is 0 Å². The van der Waals surface area contributed by atoms with Crippen LogP contribution in [0.5, 0.6) is 0 Å². The molecule has 1 N–H and O–H groups in total. The zero-order valence-corrected chi connectivity index (χ0v) is 14.9. The van der Waals surface area contributed by atoms with E-state index in [1.807, 2.05) is 20.8 Å². The molecule has 0 aliphatic carbocycles. The SMILES string of the molecule is Cc1ccc(S(=O)(=O)Nc2sc(C)c(C)c2C#N)c(Br)c1. The van der Waals surface area contributed by atoms with Crippen molar-refractivity contribution in [3.05, 3.63) is 44.2 Å². The monoisotopic (exact) mass is 384 g/mol. The van der Waals surface area contributed by atoms with Gasteiger partial charge in [0.15, 0.2) is 0 Å². The molecular weight excluding hydrogens is 372 g/mol. The van der Waals surface area contributed by atoms with Gasteiger partial charge in [0.25, 0.3) is 10.0 Å². The number of thiophene rings is 1. The number of anilines is 1. The van der Waals surface area contributed by atoms with E-state index in [9.17, 15) is 13.7 Å². The zero-order chi connectivity index (χ0) is 15.8. The Morgan fingerprint density at radius 2 is 1.95 bits per heavy atom. The van der Waals surface area contributed by atoms with Gasteiger partial charge >= 0.3 is 0 Å². The van der Waals surface area contributed by atoms with Crippen LogP contribution in [-0.2, 0) is 10.0 Å². The molecule has 0 unspecified atom stereocenters. The van der Waals surface area contributed by atoms with Crippen molar-refractivity contribution in [2.75, 3.05) is 4.72 Å². The molecule has 0 amide bonds. The zero-order valence-electron chi connectivity index (χ0n) is 11.7. The Balaban J connectivity index is 2.48. The summed E-state index contributed by atoms with van der Waals surface area (Å²) in [4.78, 5) is 1.08. The lowest BCUT2D eigenvalue weighted by molar-refractivity contribution is 0.601. The molecule has 110 valence electrons. The Bertz CT molecular complexity index is 849. The van der Waals surface area contributed by atoms with Crippen LogP contribution in [-0.4, -0.2) is 8.42 Å². The van der Waals surface area contributed by atoms with Gasteiger partial charge in [-0.25, -0.2) is 8.42 Å². The first kappa shape index (κ1) is 16.0. The molecule has 0 aliphatic heterocycles. The van der Waals surface area contributed by atoms with E-state index in [1.54, 1.807) is 18.2 Å². The molecule has 21 heavy (non-hydrogen) atoms. The van der Waals surface area contributed by atoms with Crippen molar-refractivity contribution in [1.82, 2.24) is 0 Å². The lowest BCUT2D eigenvalue weighted by Crippen LogP contribution is -2.13. The van der Waals surface area contributed by atoms with Crippen LogP contribution in [0.4, 0.5) is 5.00 Å². The summed E-state index contributed by atoms with van der Waals surface area (Å²) in [5.41, 5.74) is 2.15. The largest absolute Gasteiger partial charge is 0.269 e. The van der Waals surface area contributed by atoms with E-state index in [0.29, 0.717) is 15.0 Å². The Labute approximate surface area is 136 Å². The molecule has 1 aromatic carbocycles. The highest BCUT2D eigenvalue weighted by atomic mass is 79.9. The number of nitrogens with zero attached hydrogens (tertiary/aromatic N) is 1. The standard InChI is InChI=1S/C14H13BrN2O2S2/c1-8-4-5-13(12(15)6-8)21(18,19)17-14-11(7-16)9(2)10(3)20-14/h4-6,17H,1-3H3. The number of halogens is 1. The summed E-state index contributed by atoms with van der Waals surface area (Å²) < 4.78 is 28.0. The molecule has 0 atom stereocenters. The van der Waals surface area contributed by atoms with Gasteiger partial charge in [0.2, 0.25) is 0 Å². The Kier molecular flexibility index (Phi) is 4.42. The number of benzene rings is 1. The van der Waals surface area contributed by atoms with Gasteiger partial charge in [-0.05, 0) is 60.0 Å².